The van der Waals surface area contributed by atoms with E-state index >= 15 is 0 Å². The van der Waals surface area contributed by atoms with Gasteiger partial charge >= 0.3 is 0 Å². The van der Waals surface area contributed by atoms with Gasteiger partial charge in [-0.25, -0.2) is 0 Å². The second-order valence-electron chi connectivity index (χ2n) is 5.58. The van der Waals surface area contributed by atoms with E-state index in [9.17, 15) is 0 Å². The number of aliphatic imine (C=N–C) groups is 1. The summed E-state index contributed by atoms with van der Waals surface area (Å²) in [6.07, 6.45) is 0. The zero-order valence-corrected chi connectivity index (χ0v) is 11.8. The van der Waals surface area contributed by atoms with Crippen LogP contribution in [0, 0.1) is 19.3 Å². The van der Waals surface area contributed by atoms with Crippen molar-refractivity contribution in [1.82, 2.24) is 0 Å². The molecule has 0 fully saturated rings. The molecule has 1 N–H and O–H groups in total. The summed E-state index contributed by atoms with van der Waals surface area (Å²) in [5, 5.41) is 4.46. The van der Waals surface area contributed by atoms with Crippen molar-refractivity contribution in [2.75, 3.05) is 17.6 Å². The van der Waals surface area contributed by atoms with Gasteiger partial charge in [0.05, 0.1) is 0 Å². The van der Waals surface area contributed by atoms with Crippen LogP contribution < -0.4 is 5.32 Å². The highest BCUT2D eigenvalue weighted by Crippen LogP contribution is 2.28. The minimum absolute atomic E-state index is 0.332. The number of aryl methyl sites for hydroxylation is 2. The third-order valence-corrected chi connectivity index (χ3v) is 4.15. The molecule has 2 nitrogen and oxygen atoms in total. The van der Waals surface area contributed by atoms with E-state index in [1.165, 1.54) is 11.1 Å². The SMILES string of the molecule is Cc1cc(C)cc(NC2=NCC(C)(C)CS2)c1. The Bertz CT molecular complexity index is 429. The number of rotatable bonds is 1. The second-order valence-corrected chi connectivity index (χ2v) is 6.54. The number of nitrogens with zero attached hydrogens (tertiary/aromatic N) is 1. The van der Waals surface area contributed by atoms with Gasteiger partial charge in [0.2, 0.25) is 0 Å². The lowest BCUT2D eigenvalue weighted by Gasteiger charge is -2.27. The average Bonchev–Trinajstić information content (AvgIpc) is 2.20. The van der Waals surface area contributed by atoms with Gasteiger partial charge < -0.3 is 5.32 Å². The molecule has 0 radical (unpaired) electrons. The van der Waals surface area contributed by atoms with E-state index in [4.69, 9.17) is 0 Å². The molecule has 0 amide bonds. The van der Waals surface area contributed by atoms with Gasteiger partial charge in [-0.05, 0) is 42.5 Å². The van der Waals surface area contributed by atoms with Gasteiger partial charge in [-0.1, -0.05) is 31.7 Å². The minimum atomic E-state index is 0.332. The summed E-state index contributed by atoms with van der Waals surface area (Å²) < 4.78 is 0. The third kappa shape index (κ3) is 3.50. The van der Waals surface area contributed by atoms with Crippen molar-refractivity contribution in [3.05, 3.63) is 29.3 Å². The van der Waals surface area contributed by atoms with E-state index in [2.05, 4.69) is 56.2 Å². The molecule has 0 saturated heterocycles. The van der Waals surface area contributed by atoms with Crippen molar-refractivity contribution >= 4 is 22.6 Å². The van der Waals surface area contributed by atoms with Crippen molar-refractivity contribution in [3.63, 3.8) is 0 Å². The zero-order chi connectivity index (χ0) is 12.5. The number of thioether (sulfide) groups is 1. The van der Waals surface area contributed by atoms with Crippen LogP contribution in [0.3, 0.4) is 0 Å². The predicted octanol–water partition coefficient (Wildman–Crippen LogP) is 3.84. The van der Waals surface area contributed by atoms with Crippen LogP contribution in [0.4, 0.5) is 5.69 Å². The molecule has 0 bridgehead atoms. The van der Waals surface area contributed by atoms with Crippen molar-refractivity contribution in [2.45, 2.75) is 27.7 Å². The average molecular weight is 248 g/mol. The molecule has 1 aliphatic rings. The fourth-order valence-corrected chi connectivity index (χ4v) is 2.85. The highest BCUT2D eigenvalue weighted by atomic mass is 32.2. The largest absolute Gasteiger partial charge is 0.335 e. The molecule has 1 aliphatic heterocycles. The van der Waals surface area contributed by atoms with Crippen LogP contribution in [0.5, 0.6) is 0 Å². The molecular formula is C14H20N2S. The maximum atomic E-state index is 4.61. The van der Waals surface area contributed by atoms with E-state index < -0.39 is 0 Å². The Hall–Kier alpha value is -0.960. The molecule has 0 unspecified atom stereocenters. The van der Waals surface area contributed by atoms with Crippen molar-refractivity contribution in [2.24, 2.45) is 10.4 Å². The number of amidine groups is 1. The fraction of sp³-hybridized carbons (Fsp3) is 0.500. The molecule has 2 rings (SSSR count). The van der Waals surface area contributed by atoms with Crippen LogP contribution in [0.1, 0.15) is 25.0 Å². The number of benzene rings is 1. The van der Waals surface area contributed by atoms with Gasteiger partial charge in [-0.2, -0.15) is 0 Å². The summed E-state index contributed by atoms with van der Waals surface area (Å²) in [6.45, 7) is 9.68. The standard InChI is InChI=1S/C14H20N2S/c1-10-5-11(2)7-12(6-10)16-13-15-8-14(3,4)9-17-13/h5-7H,8-9H2,1-4H3,(H,15,16). The Balaban J connectivity index is 2.09. The van der Waals surface area contributed by atoms with Gasteiger partial charge in [0.15, 0.2) is 5.17 Å². The molecule has 0 aromatic heterocycles. The Labute approximate surface area is 108 Å². The molecule has 1 aromatic carbocycles. The summed E-state index contributed by atoms with van der Waals surface area (Å²) >= 11 is 1.82. The maximum absolute atomic E-state index is 4.61. The number of nitrogens with one attached hydrogen (secondary N) is 1. The van der Waals surface area contributed by atoms with Crippen LogP contribution in [-0.2, 0) is 0 Å². The first-order valence-electron chi connectivity index (χ1n) is 5.97. The lowest BCUT2D eigenvalue weighted by molar-refractivity contribution is 0.438. The smallest absolute Gasteiger partial charge is 0.161 e. The Morgan fingerprint density at radius 3 is 2.35 bits per heavy atom. The second kappa shape index (κ2) is 4.73. The van der Waals surface area contributed by atoms with Gasteiger partial charge in [0.1, 0.15) is 0 Å². The van der Waals surface area contributed by atoms with E-state index in [0.29, 0.717) is 5.41 Å². The highest BCUT2D eigenvalue weighted by molar-refractivity contribution is 8.14. The predicted molar refractivity (Wildman–Crippen MR) is 78.1 cm³/mol. The van der Waals surface area contributed by atoms with Crippen LogP contribution in [0.25, 0.3) is 0 Å². The Kier molecular flexibility index (Phi) is 3.48. The molecule has 0 spiro atoms. The third-order valence-electron chi connectivity index (χ3n) is 2.72. The zero-order valence-electron chi connectivity index (χ0n) is 11.0. The van der Waals surface area contributed by atoms with Gasteiger partial charge in [0.25, 0.3) is 0 Å². The quantitative estimate of drug-likeness (QED) is 0.816. The number of anilines is 1. The molecule has 17 heavy (non-hydrogen) atoms. The number of hydrogen-bond acceptors (Lipinski definition) is 3. The Morgan fingerprint density at radius 2 is 1.82 bits per heavy atom. The first kappa shape index (κ1) is 12.5. The summed E-state index contributed by atoms with van der Waals surface area (Å²) in [4.78, 5) is 4.61. The minimum Gasteiger partial charge on any atom is -0.335 e. The topological polar surface area (TPSA) is 24.4 Å². The lowest BCUT2D eigenvalue weighted by Crippen LogP contribution is -2.27. The van der Waals surface area contributed by atoms with Crippen LogP contribution in [0.2, 0.25) is 0 Å². The first-order valence-corrected chi connectivity index (χ1v) is 6.96. The van der Waals surface area contributed by atoms with Crippen molar-refractivity contribution in [3.8, 4) is 0 Å². The number of hydrogen-bond donors (Lipinski definition) is 1. The summed E-state index contributed by atoms with van der Waals surface area (Å²) in [5.74, 6) is 1.13. The molecule has 0 aliphatic carbocycles. The molecule has 1 heterocycles. The van der Waals surface area contributed by atoms with Crippen molar-refractivity contribution < 1.29 is 0 Å². The van der Waals surface area contributed by atoms with Crippen molar-refractivity contribution in [1.29, 1.82) is 0 Å². The van der Waals surface area contributed by atoms with Crippen LogP contribution in [-0.4, -0.2) is 17.5 Å². The lowest BCUT2D eigenvalue weighted by atomic mass is 9.97. The molecule has 1 aromatic rings. The summed E-state index contributed by atoms with van der Waals surface area (Å²) in [7, 11) is 0. The monoisotopic (exact) mass is 248 g/mol. The van der Waals surface area contributed by atoms with E-state index in [0.717, 1.165) is 23.2 Å². The maximum Gasteiger partial charge on any atom is 0.161 e. The molecule has 3 heteroatoms. The van der Waals surface area contributed by atoms with E-state index in [-0.39, 0.29) is 0 Å². The summed E-state index contributed by atoms with van der Waals surface area (Å²) in [5.41, 5.74) is 4.05. The van der Waals surface area contributed by atoms with Crippen LogP contribution in [0.15, 0.2) is 23.2 Å². The van der Waals surface area contributed by atoms with Gasteiger partial charge in [0, 0.05) is 18.0 Å². The summed E-state index contributed by atoms with van der Waals surface area (Å²) in [6, 6.07) is 6.51. The molecule has 0 atom stereocenters. The molecule has 0 saturated carbocycles. The van der Waals surface area contributed by atoms with Crippen LogP contribution >= 0.6 is 11.8 Å². The fourth-order valence-electron chi connectivity index (χ4n) is 1.89. The van der Waals surface area contributed by atoms with Gasteiger partial charge in [-0.15, -0.1) is 0 Å². The molecular weight excluding hydrogens is 228 g/mol. The first-order chi connectivity index (χ1) is 7.94. The Morgan fingerprint density at radius 1 is 1.18 bits per heavy atom. The van der Waals surface area contributed by atoms with E-state index in [1.54, 1.807) is 0 Å². The van der Waals surface area contributed by atoms with E-state index in [1.807, 2.05) is 11.8 Å². The normalized spacial score (nSPS) is 18.7. The van der Waals surface area contributed by atoms with Gasteiger partial charge in [-0.3, -0.25) is 4.99 Å². The molecule has 92 valence electrons. The highest BCUT2D eigenvalue weighted by Gasteiger charge is 2.23.